The van der Waals surface area contributed by atoms with Crippen LogP contribution in [-0.2, 0) is 16.4 Å². The van der Waals surface area contributed by atoms with Gasteiger partial charge in [-0.25, -0.2) is 4.39 Å². The Hall–Kier alpha value is -4.17. The smallest absolute Gasteiger partial charge is 0.416 e. The predicted octanol–water partition coefficient (Wildman–Crippen LogP) is 5.34. The number of methoxy groups -OCH3 is 1. The van der Waals surface area contributed by atoms with Crippen LogP contribution >= 0.6 is 0 Å². The summed E-state index contributed by atoms with van der Waals surface area (Å²) in [6.07, 6.45) is -2.78. The molecule has 226 valence electrons. The first-order chi connectivity index (χ1) is 20.6. The van der Waals surface area contributed by atoms with Gasteiger partial charge in [-0.05, 0) is 68.3 Å². The average molecular weight is 596 g/mol. The van der Waals surface area contributed by atoms with Gasteiger partial charge in [-0.15, -0.1) is 0 Å². The van der Waals surface area contributed by atoms with Gasteiger partial charge < -0.3 is 15.0 Å². The van der Waals surface area contributed by atoms with Crippen LogP contribution in [0.2, 0.25) is 0 Å². The third kappa shape index (κ3) is 6.15. The molecule has 0 saturated carbocycles. The fraction of sp³-hybridized carbons (Fsp3) is 0.406. The van der Waals surface area contributed by atoms with Crippen molar-refractivity contribution in [2.45, 2.75) is 43.1 Å². The predicted molar refractivity (Wildman–Crippen MR) is 154 cm³/mol. The van der Waals surface area contributed by atoms with Crippen molar-refractivity contribution >= 4 is 11.6 Å². The SMILES string of the molecule is COc1ccccc1-c1ccc(C2(C(=O)NC[C@@H]3C[C@H](F)CN3C)CCN(c3ccc(C(F)(F)F)cc3C#N)CC2)cn1. The van der Waals surface area contributed by atoms with Gasteiger partial charge in [0.05, 0.1) is 35.0 Å². The highest BCUT2D eigenvalue weighted by Gasteiger charge is 2.44. The molecule has 1 aromatic heterocycles. The van der Waals surface area contributed by atoms with Gasteiger partial charge in [0.2, 0.25) is 5.91 Å². The van der Waals surface area contributed by atoms with E-state index >= 15 is 0 Å². The number of amides is 1. The molecule has 0 unspecified atom stereocenters. The number of ether oxygens (including phenoxy) is 1. The van der Waals surface area contributed by atoms with Crippen LogP contribution in [0.5, 0.6) is 5.75 Å². The van der Waals surface area contributed by atoms with Crippen LogP contribution in [0.4, 0.5) is 23.2 Å². The van der Waals surface area contributed by atoms with Crippen LogP contribution in [0.15, 0.2) is 60.8 Å². The Morgan fingerprint density at radius 3 is 2.51 bits per heavy atom. The number of halogens is 4. The second-order valence-corrected chi connectivity index (χ2v) is 11.2. The molecule has 11 heteroatoms. The van der Waals surface area contributed by atoms with Crippen molar-refractivity contribution in [2.24, 2.45) is 0 Å². The van der Waals surface area contributed by atoms with E-state index in [-0.39, 0.29) is 17.5 Å². The van der Waals surface area contributed by atoms with E-state index in [9.17, 15) is 27.6 Å². The van der Waals surface area contributed by atoms with Gasteiger partial charge in [-0.3, -0.25) is 14.7 Å². The number of para-hydroxylation sites is 1. The lowest BCUT2D eigenvalue weighted by Crippen LogP contribution is -2.53. The van der Waals surface area contributed by atoms with E-state index in [1.807, 2.05) is 59.3 Å². The van der Waals surface area contributed by atoms with Gasteiger partial charge in [0, 0.05) is 44.0 Å². The molecule has 2 aromatic carbocycles. The number of anilines is 1. The summed E-state index contributed by atoms with van der Waals surface area (Å²) >= 11 is 0. The monoisotopic (exact) mass is 595 g/mol. The number of nitrogens with zero attached hydrogens (tertiary/aromatic N) is 4. The van der Waals surface area contributed by atoms with E-state index in [4.69, 9.17) is 4.74 Å². The summed E-state index contributed by atoms with van der Waals surface area (Å²) in [6.45, 7) is 1.28. The number of hydrogen-bond donors (Lipinski definition) is 1. The fourth-order valence-electron chi connectivity index (χ4n) is 6.18. The Morgan fingerprint density at radius 2 is 1.91 bits per heavy atom. The van der Waals surface area contributed by atoms with Crippen LogP contribution in [0.3, 0.4) is 0 Å². The number of nitrogens with one attached hydrogen (secondary N) is 1. The first kappa shape index (κ1) is 30.3. The molecule has 1 amide bonds. The van der Waals surface area contributed by atoms with E-state index in [0.29, 0.717) is 68.1 Å². The molecule has 0 radical (unpaired) electrons. The van der Waals surface area contributed by atoms with Crippen molar-refractivity contribution < 1.29 is 27.1 Å². The molecule has 2 fully saturated rings. The number of pyridine rings is 1. The largest absolute Gasteiger partial charge is 0.496 e. The molecule has 0 aliphatic carbocycles. The number of rotatable bonds is 7. The van der Waals surface area contributed by atoms with E-state index in [1.165, 1.54) is 6.07 Å². The molecular formula is C32H33F4N5O2. The van der Waals surface area contributed by atoms with Crippen LogP contribution in [0.25, 0.3) is 11.3 Å². The van der Waals surface area contributed by atoms with E-state index in [1.54, 1.807) is 13.3 Å². The van der Waals surface area contributed by atoms with Crippen molar-refractivity contribution in [3.8, 4) is 23.1 Å². The summed E-state index contributed by atoms with van der Waals surface area (Å²) in [5, 5.41) is 12.7. The number of aromatic nitrogens is 1. The quantitative estimate of drug-likeness (QED) is 0.372. The Labute approximate surface area is 248 Å². The van der Waals surface area contributed by atoms with Crippen molar-refractivity contribution in [3.05, 3.63) is 77.5 Å². The zero-order chi connectivity index (χ0) is 30.8. The van der Waals surface area contributed by atoms with Crippen molar-refractivity contribution in [3.63, 3.8) is 0 Å². The molecule has 0 spiro atoms. The maximum absolute atomic E-state index is 14.0. The summed E-state index contributed by atoms with van der Waals surface area (Å²) in [7, 11) is 3.42. The van der Waals surface area contributed by atoms with Gasteiger partial charge >= 0.3 is 6.18 Å². The highest BCUT2D eigenvalue weighted by molar-refractivity contribution is 5.89. The number of carbonyl (C=O) groups excluding carboxylic acids is 1. The lowest BCUT2D eigenvalue weighted by molar-refractivity contribution is -0.137. The number of likely N-dealkylation sites (tertiary alicyclic amines) is 1. The standard InChI is InChI=1S/C32H33F4N5O2/c1-40-20-24(33)16-25(40)19-39-30(42)31(23-7-9-27(38-18-23)26-5-3-4-6-29(26)43-2)11-13-41(14-12-31)28-10-8-22(32(34,35)36)15-21(28)17-37/h3-10,15,18,24-25H,11-14,16,19-20H2,1-2H3,(H,39,42)/t24-,25-/m0/s1. The topological polar surface area (TPSA) is 81.5 Å². The van der Waals surface area contributed by atoms with Gasteiger partial charge in [-0.2, -0.15) is 18.4 Å². The van der Waals surface area contributed by atoms with Crippen LogP contribution in [-0.4, -0.2) is 68.3 Å². The summed E-state index contributed by atoms with van der Waals surface area (Å²) in [5.41, 5.74) is 0.663. The highest BCUT2D eigenvalue weighted by atomic mass is 19.4. The van der Waals surface area contributed by atoms with Gasteiger partial charge in [0.25, 0.3) is 0 Å². The molecule has 43 heavy (non-hydrogen) atoms. The zero-order valence-corrected chi connectivity index (χ0v) is 24.0. The van der Waals surface area contributed by atoms with Crippen LogP contribution < -0.4 is 15.0 Å². The molecule has 3 heterocycles. The van der Waals surface area contributed by atoms with Crippen molar-refractivity contribution in [1.82, 2.24) is 15.2 Å². The molecule has 1 N–H and O–H groups in total. The zero-order valence-electron chi connectivity index (χ0n) is 24.0. The first-order valence-electron chi connectivity index (χ1n) is 14.1. The fourth-order valence-corrected chi connectivity index (χ4v) is 6.18. The lowest BCUT2D eigenvalue weighted by atomic mass is 9.72. The van der Waals surface area contributed by atoms with E-state index in [2.05, 4.69) is 10.3 Å². The minimum absolute atomic E-state index is 0.0698. The third-order valence-electron chi connectivity index (χ3n) is 8.67. The number of carbonyl (C=O) groups is 1. The summed E-state index contributed by atoms with van der Waals surface area (Å²) in [5.74, 6) is 0.461. The average Bonchev–Trinajstić information content (AvgIpc) is 3.35. The Balaban J connectivity index is 1.42. The second-order valence-electron chi connectivity index (χ2n) is 11.2. The van der Waals surface area contributed by atoms with Gasteiger partial charge in [0.1, 0.15) is 18.0 Å². The number of alkyl halides is 4. The van der Waals surface area contributed by atoms with E-state index < -0.39 is 23.3 Å². The van der Waals surface area contributed by atoms with Crippen LogP contribution in [0.1, 0.15) is 36.0 Å². The van der Waals surface area contributed by atoms with Crippen LogP contribution in [0, 0.1) is 11.3 Å². The number of nitriles is 1. The molecule has 5 rings (SSSR count). The van der Waals surface area contributed by atoms with Gasteiger partial charge in [0.15, 0.2) is 0 Å². The molecule has 2 saturated heterocycles. The molecule has 7 nitrogen and oxygen atoms in total. The Morgan fingerprint density at radius 1 is 1.16 bits per heavy atom. The Kier molecular flexibility index (Phi) is 8.60. The summed E-state index contributed by atoms with van der Waals surface area (Å²) in [6, 6.07) is 16.1. The lowest BCUT2D eigenvalue weighted by Gasteiger charge is -2.42. The minimum atomic E-state index is -4.56. The number of benzene rings is 2. The normalized spacial score (nSPS) is 20.4. The number of piperidine rings is 1. The molecule has 3 aromatic rings. The maximum Gasteiger partial charge on any atom is 0.416 e. The molecular weight excluding hydrogens is 562 g/mol. The second kappa shape index (κ2) is 12.2. The highest BCUT2D eigenvalue weighted by Crippen LogP contribution is 2.40. The summed E-state index contributed by atoms with van der Waals surface area (Å²) in [4.78, 5) is 22.4. The Bertz CT molecular complexity index is 1500. The molecule has 2 aliphatic rings. The number of hydrogen-bond acceptors (Lipinski definition) is 6. The molecule has 2 aliphatic heterocycles. The van der Waals surface area contributed by atoms with Crippen molar-refractivity contribution in [2.75, 3.05) is 45.2 Å². The summed E-state index contributed by atoms with van der Waals surface area (Å²) < 4.78 is 59.2. The third-order valence-corrected chi connectivity index (χ3v) is 8.67. The number of likely N-dealkylation sites (N-methyl/N-ethyl adjacent to an activating group) is 1. The van der Waals surface area contributed by atoms with Gasteiger partial charge in [-0.1, -0.05) is 18.2 Å². The molecule has 0 bridgehead atoms. The minimum Gasteiger partial charge on any atom is -0.496 e. The maximum atomic E-state index is 14.0. The molecule has 2 atom stereocenters. The van der Waals surface area contributed by atoms with Crippen molar-refractivity contribution in [1.29, 1.82) is 5.26 Å². The first-order valence-corrected chi connectivity index (χ1v) is 14.1. The van der Waals surface area contributed by atoms with E-state index in [0.717, 1.165) is 17.7 Å².